The zero-order chi connectivity index (χ0) is 13.5. The lowest BCUT2D eigenvalue weighted by atomic mass is 9.92. The Labute approximate surface area is 105 Å². The van der Waals surface area contributed by atoms with Gasteiger partial charge in [0.15, 0.2) is 0 Å². The summed E-state index contributed by atoms with van der Waals surface area (Å²) >= 11 is 0. The third kappa shape index (κ3) is 10.1. The molecule has 0 aliphatic carbocycles. The van der Waals surface area contributed by atoms with Crippen LogP contribution in [-0.2, 0) is 4.79 Å². The standard InChI is InChI=1S/C14H27NO2/c1-11(8-6-10-14(3,4)15)7-5-9-12(2)13(16)17/h11H,2,5-10,15H2,1,3-4H3,(H,16,17). The molecule has 0 spiro atoms. The normalized spacial score (nSPS) is 13.4. The summed E-state index contributed by atoms with van der Waals surface area (Å²) in [6.45, 7) is 9.84. The first kappa shape index (κ1) is 16.2. The van der Waals surface area contributed by atoms with Gasteiger partial charge in [0.2, 0.25) is 0 Å². The molecule has 3 N–H and O–H groups in total. The molecule has 3 nitrogen and oxygen atoms in total. The highest BCUT2D eigenvalue weighted by Gasteiger charge is 2.11. The second-order valence-corrected chi connectivity index (χ2v) is 5.79. The summed E-state index contributed by atoms with van der Waals surface area (Å²) in [4.78, 5) is 10.5. The van der Waals surface area contributed by atoms with Crippen molar-refractivity contribution >= 4 is 5.97 Å². The summed E-state index contributed by atoms with van der Waals surface area (Å²) in [7, 11) is 0. The minimum atomic E-state index is -0.873. The lowest BCUT2D eigenvalue weighted by Crippen LogP contribution is -2.31. The average molecular weight is 241 g/mol. The van der Waals surface area contributed by atoms with Gasteiger partial charge in [-0.15, -0.1) is 0 Å². The van der Waals surface area contributed by atoms with E-state index in [1.165, 1.54) is 6.42 Å². The molecule has 0 bridgehead atoms. The SMILES string of the molecule is C=C(CCCC(C)CCCC(C)(C)N)C(=O)O. The summed E-state index contributed by atoms with van der Waals surface area (Å²) in [6, 6.07) is 0. The van der Waals surface area contributed by atoms with E-state index in [1.54, 1.807) is 0 Å². The zero-order valence-corrected chi connectivity index (χ0v) is 11.5. The maximum atomic E-state index is 10.5. The van der Waals surface area contributed by atoms with Crippen molar-refractivity contribution in [3.05, 3.63) is 12.2 Å². The van der Waals surface area contributed by atoms with Crippen molar-refractivity contribution in [2.24, 2.45) is 11.7 Å². The van der Waals surface area contributed by atoms with Crippen LogP contribution in [0.1, 0.15) is 59.3 Å². The molecular weight excluding hydrogens is 214 g/mol. The summed E-state index contributed by atoms with van der Waals surface area (Å²) < 4.78 is 0. The molecule has 3 heteroatoms. The van der Waals surface area contributed by atoms with E-state index < -0.39 is 5.97 Å². The fraction of sp³-hybridized carbons (Fsp3) is 0.786. The number of nitrogens with two attached hydrogens (primary N) is 1. The van der Waals surface area contributed by atoms with Crippen molar-refractivity contribution in [2.45, 2.75) is 64.8 Å². The Morgan fingerprint density at radius 3 is 2.35 bits per heavy atom. The van der Waals surface area contributed by atoms with Crippen LogP contribution < -0.4 is 5.73 Å². The van der Waals surface area contributed by atoms with Crippen LogP contribution in [0.3, 0.4) is 0 Å². The minimum absolute atomic E-state index is 0.0721. The van der Waals surface area contributed by atoms with Crippen LogP contribution in [0.4, 0.5) is 0 Å². The van der Waals surface area contributed by atoms with Gasteiger partial charge in [0.25, 0.3) is 0 Å². The highest BCUT2D eigenvalue weighted by Crippen LogP contribution is 2.19. The smallest absolute Gasteiger partial charge is 0.330 e. The lowest BCUT2D eigenvalue weighted by molar-refractivity contribution is -0.132. The van der Waals surface area contributed by atoms with Gasteiger partial charge in [0.05, 0.1) is 0 Å². The van der Waals surface area contributed by atoms with Crippen molar-refractivity contribution in [1.82, 2.24) is 0 Å². The summed E-state index contributed by atoms with van der Waals surface area (Å²) in [5, 5.41) is 8.66. The molecule has 0 aliphatic rings. The van der Waals surface area contributed by atoms with Gasteiger partial charge >= 0.3 is 5.97 Å². The second kappa shape index (κ2) is 7.49. The predicted molar refractivity (Wildman–Crippen MR) is 71.9 cm³/mol. The second-order valence-electron chi connectivity index (χ2n) is 5.79. The molecule has 1 unspecified atom stereocenters. The monoisotopic (exact) mass is 241 g/mol. The van der Waals surface area contributed by atoms with E-state index in [2.05, 4.69) is 27.4 Å². The molecule has 0 saturated heterocycles. The molecule has 0 radical (unpaired) electrons. The zero-order valence-electron chi connectivity index (χ0n) is 11.5. The van der Waals surface area contributed by atoms with E-state index in [9.17, 15) is 4.79 Å². The summed E-state index contributed by atoms with van der Waals surface area (Å²) in [5.74, 6) is -0.235. The van der Waals surface area contributed by atoms with Crippen LogP contribution in [0.25, 0.3) is 0 Å². The molecule has 17 heavy (non-hydrogen) atoms. The first-order valence-electron chi connectivity index (χ1n) is 6.42. The number of carboxylic acids is 1. The van der Waals surface area contributed by atoms with Gasteiger partial charge < -0.3 is 10.8 Å². The van der Waals surface area contributed by atoms with Crippen molar-refractivity contribution in [2.75, 3.05) is 0 Å². The number of hydrogen-bond acceptors (Lipinski definition) is 2. The molecule has 0 aromatic carbocycles. The molecule has 0 aromatic rings. The summed E-state index contributed by atoms with van der Waals surface area (Å²) in [5.41, 5.74) is 6.17. The molecular formula is C14H27NO2. The Kier molecular flexibility index (Phi) is 7.12. The first-order valence-corrected chi connectivity index (χ1v) is 6.42. The molecule has 0 fully saturated rings. The highest BCUT2D eigenvalue weighted by atomic mass is 16.4. The molecule has 0 rings (SSSR count). The fourth-order valence-electron chi connectivity index (χ4n) is 1.82. The third-order valence-electron chi connectivity index (χ3n) is 3.00. The first-order chi connectivity index (χ1) is 7.72. The van der Waals surface area contributed by atoms with Crippen LogP contribution in [0, 0.1) is 5.92 Å². The van der Waals surface area contributed by atoms with Crippen LogP contribution in [-0.4, -0.2) is 16.6 Å². The lowest BCUT2D eigenvalue weighted by Gasteiger charge is -2.19. The van der Waals surface area contributed by atoms with E-state index in [0.29, 0.717) is 17.9 Å². The quantitative estimate of drug-likeness (QED) is 0.608. The van der Waals surface area contributed by atoms with Crippen LogP contribution in [0.5, 0.6) is 0 Å². The maximum absolute atomic E-state index is 10.5. The number of rotatable bonds is 9. The van der Waals surface area contributed by atoms with E-state index in [4.69, 9.17) is 10.8 Å². The Morgan fingerprint density at radius 1 is 1.35 bits per heavy atom. The third-order valence-corrected chi connectivity index (χ3v) is 3.00. The number of aliphatic carboxylic acids is 1. The Hall–Kier alpha value is -0.830. The molecule has 0 aromatic heterocycles. The predicted octanol–water partition coefficient (Wildman–Crippen LogP) is 3.34. The molecule has 100 valence electrons. The van der Waals surface area contributed by atoms with E-state index in [1.807, 2.05) is 0 Å². The van der Waals surface area contributed by atoms with Crippen LogP contribution >= 0.6 is 0 Å². The average Bonchev–Trinajstić information content (AvgIpc) is 2.15. The van der Waals surface area contributed by atoms with E-state index in [0.717, 1.165) is 25.7 Å². The van der Waals surface area contributed by atoms with Gasteiger partial charge in [-0.1, -0.05) is 32.8 Å². The van der Waals surface area contributed by atoms with Crippen molar-refractivity contribution in [3.63, 3.8) is 0 Å². The molecule has 1 atom stereocenters. The molecule has 0 aliphatic heterocycles. The van der Waals surface area contributed by atoms with E-state index >= 15 is 0 Å². The van der Waals surface area contributed by atoms with Crippen molar-refractivity contribution < 1.29 is 9.90 Å². The maximum Gasteiger partial charge on any atom is 0.330 e. The largest absolute Gasteiger partial charge is 0.478 e. The Balaban J connectivity index is 3.57. The van der Waals surface area contributed by atoms with Crippen LogP contribution in [0.2, 0.25) is 0 Å². The highest BCUT2D eigenvalue weighted by molar-refractivity contribution is 5.85. The fourth-order valence-corrected chi connectivity index (χ4v) is 1.82. The molecule has 0 saturated carbocycles. The van der Waals surface area contributed by atoms with Crippen molar-refractivity contribution in [3.8, 4) is 0 Å². The van der Waals surface area contributed by atoms with Gasteiger partial charge in [-0.25, -0.2) is 4.79 Å². The number of hydrogen-bond donors (Lipinski definition) is 2. The van der Waals surface area contributed by atoms with Crippen LogP contribution in [0.15, 0.2) is 12.2 Å². The number of carboxylic acid groups (broad SMARTS) is 1. The Bertz CT molecular complexity index is 253. The Morgan fingerprint density at radius 2 is 1.88 bits per heavy atom. The van der Waals surface area contributed by atoms with Gasteiger partial charge in [0.1, 0.15) is 0 Å². The van der Waals surface area contributed by atoms with Gasteiger partial charge in [-0.3, -0.25) is 0 Å². The van der Waals surface area contributed by atoms with Gasteiger partial charge in [-0.2, -0.15) is 0 Å². The van der Waals surface area contributed by atoms with Crippen molar-refractivity contribution in [1.29, 1.82) is 0 Å². The molecule has 0 amide bonds. The van der Waals surface area contributed by atoms with Gasteiger partial charge in [0, 0.05) is 11.1 Å². The molecule has 0 heterocycles. The summed E-state index contributed by atoms with van der Waals surface area (Å²) in [6.07, 6.45) is 5.93. The van der Waals surface area contributed by atoms with E-state index in [-0.39, 0.29) is 5.54 Å². The minimum Gasteiger partial charge on any atom is -0.478 e. The van der Waals surface area contributed by atoms with Gasteiger partial charge in [-0.05, 0) is 39.0 Å². The topological polar surface area (TPSA) is 63.3 Å². The number of carbonyl (C=O) groups is 1.